The third kappa shape index (κ3) is 4.45. The third-order valence-corrected chi connectivity index (χ3v) is 7.33. The van der Waals surface area contributed by atoms with E-state index in [4.69, 9.17) is 0 Å². The van der Waals surface area contributed by atoms with Crippen LogP contribution in [0.4, 0.5) is 0 Å². The summed E-state index contributed by atoms with van der Waals surface area (Å²) in [6, 6.07) is 5.40. The number of carbonyl (C=O) groups excluding carboxylic acids is 1. The van der Waals surface area contributed by atoms with Gasteiger partial charge in [-0.15, -0.1) is 0 Å². The van der Waals surface area contributed by atoms with Gasteiger partial charge in [-0.05, 0) is 31.9 Å². The summed E-state index contributed by atoms with van der Waals surface area (Å²) in [5.41, 5.74) is 0.976. The van der Waals surface area contributed by atoms with Gasteiger partial charge in [0.05, 0.1) is 11.9 Å². The van der Waals surface area contributed by atoms with Crippen LogP contribution in [0.2, 0.25) is 0 Å². The van der Waals surface area contributed by atoms with Crippen LogP contribution in [0.3, 0.4) is 0 Å². The second kappa shape index (κ2) is 8.96. The molecule has 29 heavy (non-hydrogen) atoms. The lowest BCUT2D eigenvalue weighted by molar-refractivity contribution is -0.136. The molecule has 8 nitrogen and oxygen atoms in total. The molecule has 0 radical (unpaired) electrons. The largest absolute Gasteiger partial charge is 0.340 e. The van der Waals surface area contributed by atoms with Gasteiger partial charge in [-0.25, -0.2) is 18.4 Å². The number of aryl methyl sites for hydroxylation is 1. The van der Waals surface area contributed by atoms with E-state index in [1.54, 1.807) is 30.2 Å². The Morgan fingerprint density at radius 3 is 2.34 bits per heavy atom. The molecule has 9 heteroatoms. The number of hydrogen-bond donors (Lipinski definition) is 0. The number of rotatable bonds is 6. The number of amides is 1. The van der Waals surface area contributed by atoms with Crippen LogP contribution in [0, 0.1) is 12.8 Å². The lowest BCUT2D eigenvalue weighted by Crippen LogP contribution is -2.51. The van der Waals surface area contributed by atoms with Gasteiger partial charge in [0.2, 0.25) is 15.9 Å². The predicted octanol–water partition coefficient (Wildman–Crippen LogP) is 2.12. The highest BCUT2D eigenvalue weighted by molar-refractivity contribution is 7.89. The van der Waals surface area contributed by atoms with Crippen LogP contribution >= 0.6 is 0 Å². The molecular weight excluding hydrogens is 390 g/mol. The highest BCUT2D eigenvalue weighted by Gasteiger charge is 2.33. The number of carbonyl (C=O) groups is 1. The first-order valence-electron chi connectivity index (χ1n) is 9.92. The van der Waals surface area contributed by atoms with Gasteiger partial charge in [-0.1, -0.05) is 19.9 Å². The van der Waals surface area contributed by atoms with E-state index in [-0.39, 0.29) is 29.8 Å². The van der Waals surface area contributed by atoms with Crippen molar-refractivity contribution in [1.82, 2.24) is 24.2 Å². The van der Waals surface area contributed by atoms with Crippen molar-refractivity contribution in [3.63, 3.8) is 0 Å². The Bertz CT molecular complexity index is 953. The minimum atomic E-state index is -3.72. The van der Waals surface area contributed by atoms with E-state index in [9.17, 15) is 13.2 Å². The average molecular weight is 418 g/mol. The molecular formula is C20H27N5O3S. The fourth-order valence-corrected chi connectivity index (χ4v) is 5.04. The van der Waals surface area contributed by atoms with Gasteiger partial charge in [-0.3, -0.25) is 9.78 Å². The normalized spacial score (nSPS) is 15.7. The molecule has 0 bridgehead atoms. The zero-order valence-corrected chi connectivity index (χ0v) is 17.9. The quantitative estimate of drug-likeness (QED) is 0.714. The van der Waals surface area contributed by atoms with E-state index < -0.39 is 10.0 Å². The summed E-state index contributed by atoms with van der Waals surface area (Å²) >= 11 is 0. The lowest BCUT2D eigenvalue weighted by Gasteiger charge is -2.35. The van der Waals surface area contributed by atoms with Crippen molar-refractivity contribution in [2.45, 2.75) is 38.5 Å². The highest BCUT2D eigenvalue weighted by atomic mass is 32.2. The average Bonchev–Trinajstić information content (AvgIpc) is 2.75. The van der Waals surface area contributed by atoms with Crippen molar-refractivity contribution in [2.75, 3.05) is 26.2 Å². The van der Waals surface area contributed by atoms with Gasteiger partial charge >= 0.3 is 0 Å². The van der Waals surface area contributed by atoms with Crippen LogP contribution in [-0.2, 0) is 14.8 Å². The SMILES string of the molecule is CCC(CC)C(=O)N1CCN(S(=O)(=O)c2cnc(-c3ccccn3)nc2C)CC1. The molecule has 156 valence electrons. The van der Waals surface area contributed by atoms with E-state index in [1.165, 1.54) is 10.5 Å². The van der Waals surface area contributed by atoms with Crippen LogP contribution in [0.5, 0.6) is 0 Å². The summed E-state index contributed by atoms with van der Waals surface area (Å²) in [7, 11) is -3.72. The fraction of sp³-hybridized carbons (Fsp3) is 0.500. The topological polar surface area (TPSA) is 96.4 Å². The first kappa shape index (κ1) is 21.3. The fourth-order valence-electron chi connectivity index (χ4n) is 3.51. The van der Waals surface area contributed by atoms with Gasteiger partial charge in [0, 0.05) is 38.3 Å². The van der Waals surface area contributed by atoms with Gasteiger partial charge < -0.3 is 4.90 Å². The Kier molecular flexibility index (Phi) is 6.59. The van der Waals surface area contributed by atoms with Crippen molar-refractivity contribution in [3.8, 4) is 11.5 Å². The molecule has 0 N–H and O–H groups in total. The van der Waals surface area contributed by atoms with E-state index in [0.717, 1.165) is 12.8 Å². The first-order chi connectivity index (χ1) is 13.9. The van der Waals surface area contributed by atoms with Crippen LogP contribution in [-0.4, -0.2) is 64.7 Å². The molecule has 3 heterocycles. The van der Waals surface area contributed by atoms with E-state index >= 15 is 0 Å². The summed E-state index contributed by atoms with van der Waals surface area (Å²) in [4.78, 5) is 27.2. The van der Waals surface area contributed by atoms with Crippen LogP contribution in [0.25, 0.3) is 11.5 Å². The van der Waals surface area contributed by atoms with Crippen LogP contribution < -0.4 is 0 Å². The Labute approximate surface area is 172 Å². The van der Waals surface area contributed by atoms with Crippen molar-refractivity contribution >= 4 is 15.9 Å². The molecule has 0 spiro atoms. The summed E-state index contributed by atoms with van der Waals surface area (Å²) in [6.45, 7) is 7.02. The summed E-state index contributed by atoms with van der Waals surface area (Å²) in [5, 5.41) is 0. The number of nitrogens with zero attached hydrogens (tertiary/aromatic N) is 5. The Balaban J connectivity index is 1.74. The number of hydrogen-bond acceptors (Lipinski definition) is 6. The highest BCUT2D eigenvalue weighted by Crippen LogP contribution is 2.22. The summed E-state index contributed by atoms with van der Waals surface area (Å²) < 4.78 is 27.6. The molecule has 0 aliphatic carbocycles. The van der Waals surface area contributed by atoms with Gasteiger partial charge in [-0.2, -0.15) is 4.31 Å². The van der Waals surface area contributed by atoms with Gasteiger partial charge in [0.25, 0.3) is 0 Å². The minimum Gasteiger partial charge on any atom is -0.340 e. The zero-order valence-electron chi connectivity index (χ0n) is 17.1. The number of aromatic nitrogens is 3. The van der Waals surface area contributed by atoms with Crippen LogP contribution in [0.1, 0.15) is 32.4 Å². The second-order valence-electron chi connectivity index (χ2n) is 7.10. The summed E-state index contributed by atoms with van der Waals surface area (Å²) in [5.74, 6) is 0.516. The first-order valence-corrected chi connectivity index (χ1v) is 11.4. The maximum Gasteiger partial charge on any atom is 0.246 e. The predicted molar refractivity (Wildman–Crippen MR) is 109 cm³/mol. The smallest absolute Gasteiger partial charge is 0.246 e. The van der Waals surface area contributed by atoms with E-state index in [0.29, 0.717) is 30.3 Å². The van der Waals surface area contributed by atoms with Crippen LogP contribution in [0.15, 0.2) is 35.5 Å². The molecule has 2 aromatic rings. The molecule has 1 fully saturated rings. The third-order valence-electron chi connectivity index (χ3n) is 5.33. The Morgan fingerprint density at radius 1 is 1.10 bits per heavy atom. The lowest BCUT2D eigenvalue weighted by atomic mass is 10.0. The molecule has 0 aromatic carbocycles. The standard InChI is InChI=1S/C20H27N5O3S/c1-4-16(5-2)20(26)24-10-12-25(13-11-24)29(27,28)18-14-22-19(23-15(18)3)17-8-6-7-9-21-17/h6-9,14,16H,4-5,10-13H2,1-3H3. The number of pyridine rings is 1. The molecule has 1 aliphatic heterocycles. The zero-order chi connectivity index (χ0) is 21.0. The van der Waals surface area contributed by atoms with Crippen molar-refractivity contribution in [1.29, 1.82) is 0 Å². The maximum absolute atomic E-state index is 13.1. The molecule has 0 unspecified atom stereocenters. The Morgan fingerprint density at radius 2 is 1.79 bits per heavy atom. The molecule has 1 saturated heterocycles. The van der Waals surface area contributed by atoms with Crippen molar-refractivity contribution in [3.05, 3.63) is 36.3 Å². The van der Waals surface area contributed by atoms with E-state index in [2.05, 4.69) is 15.0 Å². The molecule has 0 atom stereocenters. The number of piperazine rings is 1. The Hall–Kier alpha value is -2.39. The molecule has 3 rings (SSSR count). The van der Waals surface area contributed by atoms with Crippen molar-refractivity contribution in [2.24, 2.45) is 5.92 Å². The molecule has 1 aliphatic rings. The maximum atomic E-state index is 13.1. The number of sulfonamides is 1. The summed E-state index contributed by atoms with van der Waals surface area (Å²) in [6.07, 6.45) is 4.59. The van der Waals surface area contributed by atoms with Gasteiger partial charge in [0.1, 0.15) is 10.6 Å². The monoisotopic (exact) mass is 417 g/mol. The molecule has 0 saturated carbocycles. The molecule has 1 amide bonds. The second-order valence-corrected chi connectivity index (χ2v) is 9.01. The van der Waals surface area contributed by atoms with Crippen molar-refractivity contribution < 1.29 is 13.2 Å². The van der Waals surface area contributed by atoms with E-state index in [1.807, 2.05) is 19.9 Å². The molecule has 2 aromatic heterocycles. The van der Waals surface area contributed by atoms with Gasteiger partial charge in [0.15, 0.2) is 5.82 Å². The minimum absolute atomic E-state index is 0.00735.